The van der Waals surface area contributed by atoms with E-state index in [0.29, 0.717) is 47.3 Å². The Balaban J connectivity index is 1.41. The van der Waals surface area contributed by atoms with Gasteiger partial charge in [0, 0.05) is 61.0 Å². The topological polar surface area (TPSA) is 153 Å². The third-order valence-electron chi connectivity index (χ3n) is 8.11. The Bertz CT molecular complexity index is 1500. The van der Waals surface area contributed by atoms with Gasteiger partial charge in [-0.25, -0.2) is 0 Å². The lowest BCUT2D eigenvalue weighted by Gasteiger charge is -2.21. The van der Waals surface area contributed by atoms with Crippen molar-refractivity contribution in [2.24, 2.45) is 0 Å². The van der Waals surface area contributed by atoms with E-state index in [9.17, 15) is 20.3 Å². The Kier molecular flexibility index (Phi) is 14.7. The second-order valence-corrected chi connectivity index (χ2v) is 11.7. The molecule has 0 spiro atoms. The molecule has 260 valence electrons. The normalized spacial score (nSPS) is 12.2. The fraction of sp³-hybridized carbons (Fsp3) is 0.389. The summed E-state index contributed by atoms with van der Waals surface area (Å²) in [6.07, 6.45) is 8.42. The van der Waals surface area contributed by atoms with Crippen molar-refractivity contribution in [2.45, 2.75) is 51.2 Å². The van der Waals surface area contributed by atoms with Crippen molar-refractivity contribution in [3.05, 3.63) is 84.4 Å². The van der Waals surface area contributed by atoms with E-state index < -0.39 is 26.1 Å². The molecule has 4 N–H and O–H groups in total. The van der Waals surface area contributed by atoms with Gasteiger partial charge in [0.25, 0.3) is 0 Å². The highest BCUT2D eigenvalue weighted by atomic mass is 16.5. The summed E-state index contributed by atoms with van der Waals surface area (Å²) >= 11 is 0. The maximum atomic E-state index is 10.8. The van der Waals surface area contributed by atoms with Crippen molar-refractivity contribution in [1.29, 1.82) is 0 Å². The first-order chi connectivity index (χ1) is 23.8. The van der Waals surface area contributed by atoms with Gasteiger partial charge in [0.15, 0.2) is 23.0 Å². The fourth-order valence-electron chi connectivity index (χ4n) is 5.45. The molecule has 0 unspecified atom stereocenters. The average Bonchev–Trinajstić information content (AvgIpc) is 3.14. The highest BCUT2D eigenvalue weighted by Crippen LogP contribution is 2.35. The van der Waals surface area contributed by atoms with E-state index in [1.807, 2.05) is 62.4 Å². The van der Waals surface area contributed by atoms with Crippen LogP contribution in [-0.2, 0) is 4.57 Å². The lowest BCUT2D eigenvalue weighted by molar-refractivity contribution is 0.257. The highest BCUT2D eigenvalue weighted by Gasteiger charge is 2.29. The number of aliphatic hydroxyl groups excluding tert-OH is 2. The summed E-state index contributed by atoms with van der Waals surface area (Å²) in [5, 5.41) is 42.0. The number of ether oxygens (including phenoxy) is 4. The van der Waals surface area contributed by atoms with E-state index in [1.54, 1.807) is 39.0 Å². The largest absolute Gasteiger partial charge is 0.493 e. The van der Waals surface area contributed by atoms with Crippen molar-refractivity contribution in [3.8, 4) is 45.3 Å². The number of hydrogen-bond acceptors (Lipinski definition) is 11. The molecular weight excluding hydrogens is 626 g/mol. The summed E-state index contributed by atoms with van der Waals surface area (Å²) in [7, 11) is 0.397. The molecule has 0 saturated heterocycles. The summed E-state index contributed by atoms with van der Waals surface area (Å²) in [5.41, 5.74) is 4.71. The smallest absolute Gasteiger partial charge is 0.441 e. The molecule has 2 atom stereocenters. The Hall–Kier alpha value is -4.13. The maximum absolute atomic E-state index is 10.8. The molecule has 2 aromatic heterocycles. The quantitative estimate of drug-likeness (QED) is 0.0913. The molecular formula is C36H46B2N2O9. The molecule has 4 aromatic rings. The SMILES string of the molecule is CCCOc1cc(-c2cncc([C@@H](CO)CB(O)OB(O)C[C@H](CO)c3cncc(-c4ccc(OC)c(OCCC)c4)c3)c2)ccc1OC. The number of rotatable bonds is 20. The molecule has 0 aliphatic rings. The van der Waals surface area contributed by atoms with Crippen LogP contribution in [-0.4, -0.2) is 85.1 Å². The van der Waals surface area contributed by atoms with Crippen LogP contribution in [0.15, 0.2) is 73.3 Å². The predicted molar refractivity (Wildman–Crippen MR) is 190 cm³/mol. The second kappa shape index (κ2) is 19.2. The van der Waals surface area contributed by atoms with Crippen molar-refractivity contribution < 1.29 is 43.8 Å². The molecule has 2 aromatic carbocycles. The lowest BCUT2D eigenvalue weighted by atomic mass is 9.69. The molecule has 2 heterocycles. The molecule has 13 heteroatoms. The molecule has 0 bridgehead atoms. The monoisotopic (exact) mass is 672 g/mol. The molecule has 49 heavy (non-hydrogen) atoms. The average molecular weight is 672 g/mol. The lowest BCUT2D eigenvalue weighted by Crippen LogP contribution is -2.32. The van der Waals surface area contributed by atoms with Crippen LogP contribution >= 0.6 is 0 Å². The minimum Gasteiger partial charge on any atom is -0.493 e. The second-order valence-electron chi connectivity index (χ2n) is 11.7. The van der Waals surface area contributed by atoms with Crippen LogP contribution in [0, 0.1) is 0 Å². The molecule has 0 aliphatic heterocycles. The molecule has 0 radical (unpaired) electrons. The minimum absolute atomic E-state index is 0.00685. The number of methoxy groups -OCH3 is 2. The zero-order valence-corrected chi connectivity index (χ0v) is 28.6. The van der Waals surface area contributed by atoms with Crippen LogP contribution in [0.4, 0.5) is 0 Å². The number of nitrogens with zero attached hydrogens (tertiary/aromatic N) is 2. The third-order valence-corrected chi connectivity index (χ3v) is 8.11. The molecule has 0 fully saturated rings. The number of pyridine rings is 2. The van der Waals surface area contributed by atoms with Gasteiger partial charge < -0.3 is 43.8 Å². The zero-order valence-electron chi connectivity index (χ0n) is 28.6. The van der Waals surface area contributed by atoms with Gasteiger partial charge in [-0.3, -0.25) is 9.97 Å². The van der Waals surface area contributed by atoms with Crippen LogP contribution in [0.5, 0.6) is 23.0 Å². The highest BCUT2D eigenvalue weighted by molar-refractivity contribution is 6.58. The molecule has 4 rings (SSSR count). The predicted octanol–water partition coefficient (Wildman–Crippen LogP) is 5.24. The van der Waals surface area contributed by atoms with Crippen molar-refractivity contribution in [3.63, 3.8) is 0 Å². The van der Waals surface area contributed by atoms with Crippen molar-refractivity contribution in [1.82, 2.24) is 9.97 Å². The number of aromatic nitrogens is 2. The Morgan fingerprint density at radius 1 is 0.592 bits per heavy atom. The minimum atomic E-state index is -1.39. The van der Waals surface area contributed by atoms with E-state index in [1.165, 1.54) is 0 Å². The van der Waals surface area contributed by atoms with E-state index >= 15 is 0 Å². The van der Waals surface area contributed by atoms with Crippen LogP contribution < -0.4 is 18.9 Å². The van der Waals surface area contributed by atoms with Crippen LogP contribution in [0.1, 0.15) is 49.7 Å². The summed E-state index contributed by atoms with van der Waals surface area (Å²) in [6, 6.07) is 15.0. The van der Waals surface area contributed by atoms with Gasteiger partial charge in [-0.1, -0.05) is 26.0 Å². The van der Waals surface area contributed by atoms with Gasteiger partial charge in [-0.2, -0.15) is 0 Å². The summed E-state index contributed by atoms with van der Waals surface area (Å²) < 4.78 is 28.1. The van der Waals surface area contributed by atoms with Gasteiger partial charge in [-0.05, 0) is 84.1 Å². The first-order valence-electron chi connectivity index (χ1n) is 16.6. The van der Waals surface area contributed by atoms with E-state index in [0.717, 1.165) is 35.1 Å². The third kappa shape index (κ3) is 10.4. The maximum Gasteiger partial charge on any atom is 0.441 e. The van der Waals surface area contributed by atoms with Crippen molar-refractivity contribution in [2.75, 3.05) is 40.6 Å². The van der Waals surface area contributed by atoms with Gasteiger partial charge >= 0.3 is 14.2 Å². The van der Waals surface area contributed by atoms with Crippen molar-refractivity contribution >= 4 is 14.2 Å². The van der Waals surface area contributed by atoms with Crippen LogP contribution in [0.3, 0.4) is 0 Å². The summed E-state index contributed by atoms with van der Waals surface area (Å²) in [5.74, 6) is 1.47. The van der Waals surface area contributed by atoms with Gasteiger partial charge in [0.05, 0.1) is 27.4 Å². The van der Waals surface area contributed by atoms with Gasteiger partial charge in [-0.15, -0.1) is 0 Å². The zero-order chi connectivity index (χ0) is 35.2. The molecule has 0 aliphatic carbocycles. The Morgan fingerprint density at radius 2 is 1.02 bits per heavy atom. The molecule has 0 amide bonds. The van der Waals surface area contributed by atoms with E-state index in [2.05, 4.69) is 9.97 Å². The van der Waals surface area contributed by atoms with E-state index in [4.69, 9.17) is 23.5 Å². The van der Waals surface area contributed by atoms with Gasteiger partial charge in [0.1, 0.15) is 0 Å². The first-order valence-corrected chi connectivity index (χ1v) is 16.6. The summed E-state index contributed by atoms with van der Waals surface area (Å²) in [6.45, 7) is 4.61. The number of aliphatic hydroxyl groups is 2. The summed E-state index contributed by atoms with van der Waals surface area (Å²) in [4.78, 5) is 8.74. The Labute approximate surface area is 289 Å². The molecule has 0 saturated carbocycles. The first kappa shape index (κ1) is 37.7. The number of hydrogen-bond donors (Lipinski definition) is 4. The van der Waals surface area contributed by atoms with Crippen LogP contribution in [0.2, 0.25) is 12.6 Å². The molecule has 11 nitrogen and oxygen atoms in total. The number of benzene rings is 2. The fourth-order valence-corrected chi connectivity index (χ4v) is 5.45. The van der Waals surface area contributed by atoms with Crippen LogP contribution in [0.25, 0.3) is 22.3 Å². The van der Waals surface area contributed by atoms with Gasteiger partial charge in [0.2, 0.25) is 0 Å². The standard InChI is InChI=1S/C36H46B2N2O9/c1-5-11-47-35-15-25(7-9-33(35)45-3)27-13-29(21-39-19-27)31(23-41)17-37(43)49-38(44)18-32(24-42)30-14-28(20-40-22-30)26-8-10-34(46-4)36(16-26)48-12-6-2/h7-10,13-16,19-22,31-32,41-44H,5-6,11-12,17-18,23-24H2,1-4H3/t31-,32-/m1/s1. The van der Waals surface area contributed by atoms with E-state index in [-0.39, 0.29) is 25.9 Å². The Morgan fingerprint density at radius 3 is 1.39 bits per heavy atom.